The summed E-state index contributed by atoms with van der Waals surface area (Å²) in [5, 5.41) is 21.4. The molecule has 0 spiro atoms. The van der Waals surface area contributed by atoms with Crippen molar-refractivity contribution in [3.63, 3.8) is 0 Å². The topological polar surface area (TPSA) is 132 Å². The van der Waals surface area contributed by atoms with Crippen molar-refractivity contribution < 1.29 is 19.6 Å². The second kappa shape index (κ2) is 7.02. The van der Waals surface area contributed by atoms with Gasteiger partial charge in [0, 0.05) is 25.1 Å². The molecule has 0 aliphatic carbocycles. The molecular formula is C11H13N3O6. The highest BCUT2D eigenvalue weighted by Crippen LogP contribution is 2.05. The first-order valence-electron chi connectivity index (χ1n) is 5.73. The van der Waals surface area contributed by atoms with Gasteiger partial charge in [0.15, 0.2) is 0 Å². The second-order valence-electron chi connectivity index (χ2n) is 3.96. The average molecular weight is 283 g/mol. The molecule has 1 rings (SSSR count). The predicted octanol–water partition coefficient (Wildman–Crippen LogP) is -0.263. The van der Waals surface area contributed by atoms with Gasteiger partial charge in [-0.25, -0.2) is 0 Å². The third kappa shape index (κ3) is 4.88. The molecule has 1 aromatic heterocycles. The lowest BCUT2D eigenvalue weighted by molar-refractivity contribution is -0.385. The molecule has 0 fully saturated rings. The molecule has 0 aliphatic rings. The fourth-order valence-electron chi connectivity index (χ4n) is 1.43. The lowest BCUT2D eigenvalue weighted by Gasteiger charge is -2.06. The molecule has 1 amide bonds. The van der Waals surface area contributed by atoms with E-state index in [9.17, 15) is 24.5 Å². The van der Waals surface area contributed by atoms with Crippen LogP contribution in [0.2, 0.25) is 0 Å². The summed E-state index contributed by atoms with van der Waals surface area (Å²) in [6.07, 6.45) is 1.18. The van der Waals surface area contributed by atoms with E-state index >= 15 is 0 Å². The number of carbonyl (C=O) groups excluding carboxylic acids is 1. The molecule has 0 atom stereocenters. The predicted molar refractivity (Wildman–Crippen MR) is 67.2 cm³/mol. The minimum atomic E-state index is -0.964. The summed E-state index contributed by atoms with van der Waals surface area (Å²) in [5.41, 5.74) is -0.820. The van der Waals surface area contributed by atoms with Crippen molar-refractivity contribution in [3.8, 4) is 0 Å². The Kier molecular flexibility index (Phi) is 5.39. The summed E-state index contributed by atoms with van der Waals surface area (Å²) >= 11 is 0. The molecule has 0 aromatic carbocycles. The molecule has 20 heavy (non-hydrogen) atoms. The number of hydrogen-bond acceptors (Lipinski definition) is 5. The monoisotopic (exact) mass is 283 g/mol. The maximum Gasteiger partial charge on any atom is 0.303 e. The van der Waals surface area contributed by atoms with Crippen LogP contribution in [-0.2, 0) is 16.1 Å². The molecular weight excluding hydrogens is 270 g/mol. The summed E-state index contributed by atoms with van der Waals surface area (Å²) in [7, 11) is 0. The maximum atomic E-state index is 11.5. The molecule has 9 nitrogen and oxygen atoms in total. The third-order valence-corrected chi connectivity index (χ3v) is 2.38. The van der Waals surface area contributed by atoms with Gasteiger partial charge < -0.3 is 10.4 Å². The molecule has 1 heterocycles. The normalized spacial score (nSPS) is 10.0. The van der Waals surface area contributed by atoms with Gasteiger partial charge in [-0.05, 0) is 6.42 Å². The fourth-order valence-corrected chi connectivity index (χ4v) is 1.43. The van der Waals surface area contributed by atoms with E-state index in [1.165, 1.54) is 0 Å². The van der Waals surface area contributed by atoms with Crippen LogP contribution in [0.1, 0.15) is 12.8 Å². The zero-order valence-electron chi connectivity index (χ0n) is 10.4. The van der Waals surface area contributed by atoms with Gasteiger partial charge in [-0.2, -0.15) is 0 Å². The Balaban J connectivity index is 2.57. The number of nitrogens with zero attached hydrogens (tertiary/aromatic N) is 2. The van der Waals surface area contributed by atoms with Gasteiger partial charge in [0.05, 0.1) is 11.1 Å². The van der Waals surface area contributed by atoms with E-state index in [2.05, 4.69) is 5.32 Å². The molecule has 0 bridgehead atoms. The number of nitro groups is 1. The summed E-state index contributed by atoms with van der Waals surface area (Å²) in [4.78, 5) is 43.1. The lowest BCUT2D eigenvalue weighted by Crippen LogP contribution is -2.32. The number of carbonyl (C=O) groups is 2. The molecule has 0 saturated carbocycles. The van der Waals surface area contributed by atoms with Gasteiger partial charge in [0.2, 0.25) is 5.91 Å². The Hall–Kier alpha value is -2.71. The number of nitrogens with one attached hydrogen (secondary N) is 1. The smallest absolute Gasteiger partial charge is 0.303 e. The van der Waals surface area contributed by atoms with Crippen LogP contribution < -0.4 is 10.9 Å². The molecule has 2 N–H and O–H groups in total. The highest BCUT2D eigenvalue weighted by atomic mass is 16.6. The number of rotatable bonds is 7. The molecule has 0 radical (unpaired) electrons. The first-order chi connectivity index (χ1) is 9.40. The first-order valence-corrected chi connectivity index (χ1v) is 5.73. The Labute approximate surface area is 113 Å². The van der Waals surface area contributed by atoms with Crippen molar-refractivity contribution in [3.05, 3.63) is 38.8 Å². The standard InChI is InChI=1S/C11H13N3O6/c15-9(12-5-1-2-11(17)18)7-13-6-8(14(19)20)3-4-10(13)16/h3-4,6H,1-2,5,7H2,(H,12,15)(H,17,18). The van der Waals surface area contributed by atoms with Gasteiger partial charge in [-0.15, -0.1) is 0 Å². The fraction of sp³-hybridized carbons (Fsp3) is 0.364. The van der Waals surface area contributed by atoms with Crippen LogP contribution in [-0.4, -0.2) is 33.0 Å². The van der Waals surface area contributed by atoms with E-state index in [-0.39, 0.29) is 31.6 Å². The van der Waals surface area contributed by atoms with Gasteiger partial charge in [-0.1, -0.05) is 0 Å². The Morgan fingerprint density at radius 1 is 1.40 bits per heavy atom. The van der Waals surface area contributed by atoms with E-state index < -0.39 is 22.4 Å². The van der Waals surface area contributed by atoms with Crippen molar-refractivity contribution in [1.29, 1.82) is 0 Å². The molecule has 108 valence electrons. The minimum Gasteiger partial charge on any atom is -0.481 e. The van der Waals surface area contributed by atoms with Crippen LogP contribution in [0.3, 0.4) is 0 Å². The van der Waals surface area contributed by atoms with E-state index in [1.807, 2.05) is 0 Å². The molecule has 0 unspecified atom stereocenters. The Bertz CT molecular complexity index is 580. The van der Waals surface area contributed by atoms with Crippen LogP contribution in [0, 0.1) is 10.1 Å². The van der Waals surface area contributed by atoms with Crippen molar-refractivity contribution >= 4 is 17.6 Å². The molecule has 1 aromatic rings. The highest BCUT2D eigenvalue weighted by Gasteiger charge is 2.10. The van der Waals surface area contributed by atoms with Crippen molar-refractivity contribution in [2.24, 2.45) is 0 Å². The largest absolute Gasteiger partial charge is 0.481 e. The first kappa shape index (κ1) is 15.3. The summed E-state index contributed by atoms with van der Waals surface area (Å²) in [5.74, 6) is -1.48. The number of aromatic nitrogens is 1. The van der Waals surface area contributed by atoms with Gasteiger partial charge in [0.1, 0.15) is 6.54 Å². The summed E-state index contributed by atoms with van der Waals surface area (Å²) < 4.78 is 0.921. The van der Waals surface area contributed by atoms with Crippen LogP contribution in [0.15, 0.2) is 23.1 Å². The van der Waals surface area contributed by atoms with E-state index in [1.54, 1.807) is 0 Å². The van der Waals surface area contributed by atoms with Crippen molar-refractivity contribution in [1.82, 2.24) is 9.88 Å². The number of amides is 1. The van der Waals surface area contributed by atoms with E-state index in [0.717, 1.165) is 22.9 Å². The minimum absolute atomic E-state index is 0.0724. The number of pyridine rings is 1. The van der Waals surface area contributed by atoms with Crippen LogP contribution >= 0.6 is 0 Å². The van der Waals surface area contributed by atoms with Crippen LogP contribution in [0.4, 0.5) is 5.69 Å². The molecule has 0 saturated heterocycles. The summed E-state index contributed by atoms with van der Waals surface area (Å²) in [6, 6.07) is 2.07. The van der Waals surface area contributed by atoms with Gasteiger partial charge in [-0.3, -0.25) is 29.1 Å². The lowest BCUT2D eigenvalue weighted by atomic mass is 10.3. The Morgan fingerprint density at radius 3 is 2.70 bits per heavy atom. The van der Waals surface area contributed by atoms with Crippen LogP contribution in [0.25, 0.3) is 0 Å². The Morgan fingerprint density at radius 2 is 2.10 bits per heavy atom. The quantitative estimate of drug-likeness (QED) is 0.402. The molecule has 0 aliphatic heterocycles. The third-order valence-electron chi connectivity index (χ3n) is 2.38. The average Bonchev–Trinajstić information content (AvgIpc) is 2.37. The van der Waals surface area contributed by atoms with Crippen molar-refractivity contribution in [2.45, 2.75) is 19.4 Å². The number of carboxylic acid groups (broad SMARTS) is 1. The van der Waals surface area contributed by atoms with E-state index in [0.29, 0.717) is 0 Å². The van der Waals surface area contributed by atoms with E-state index in [4.69, 9.17) is 5.11 Å². The number of carboxylic acids is 1. The van der Waals surface area contributed by atoms with Crippen molar-refractivity contribution in [2.75, 3.05) is 6.54 Å². The summed E-state index contributed by atoms with van der Waals surface area (Å²) in [6.45, 7) is -0.192. The second-order valence-corrected chi connectivity index (χ2v) is 3.96. The molecule has 9 heteroatoms. The zero-order valence-corrected chi connectivity index (χ0v) is 10.4. The van der Waals surface area contributed by atoms with Gasteiger partial charge in [0.25, 0.3) is 11.2 Å². The number of hydrogen-bond donors (Lipinski definition) is 2. The van der Waals surface area contributed by atoms with Crippen LogP contribution in [0.5, 0.6) is 0 Å². The van der Waals surface area contributed by atoms with Gasteiger partial charge >= 0.3 is 5.97 Å². The highest BCUT2D eigenvalue weighted by molar-refractivity contribution is 5.75. The number of aliphatic carboxylic acids is 1. The zero-order chi connectivity index (χ0) is 15.1. The maximum absolute atomic E-state index is 11.5. The SMILES string of the molecule is O=C(O)CCCNC(=O)Cn1cc([N+](=O)[O-])ccc1=O.